The van der Waals surface area contributed by atoms with Gasteiger partial charge in [-0.05, 0) is 54.3 Å². The van der Waals surface area contributed by atoms with Crippen LogP contribution in [-0.2, 0) is 20.9 Å². The lowest BCUT2D eigenvalue weighted by Crippen LogP contribution is -2.43. The molecule has 32 heavy (non-hydrogen) atoms. The monoisotopic (exact) mass is 498 g/mol. The normalized spacial score (nSPS) is 11.4. The molecule has 0 radical (unpaired) electrons. The van der Waals surface area contributed by atoms with E-state index in [0.717, 1.165) is 5.56 Å². The minimum atomic E-state index is -0.923. The Balaban J connectivity index is 1.90. The molecule has 7 nitrogen and oxygen atoms in total. The van der Waals surface area contributed by atoms with Crippen LogP contribution in [0.4, 0.5) is 0 Å². The van der Waals surface area contributed by atoms with Gasteiger partial charge in [-0.1, -0.05) is 35.3 Å². The number of amides is 2. The topological polar surface area (TPSA) is 93.7 Å². The molecule has 2 rings (SSSR count). The highest BCUT2D eigenvalue weighted by Gasteiger charge is 2.24. The zero-order chi connectivity index (χ0) is 23.5. The summed E-state index contributed by atoms with van der Waals surface area (Å²) in [6.07, 6.45) is 2.22. The summed E-state index contributed by atoms with van der Waals surface area (Å²) >= 11 is 13.4. The number of hydrogen-bond acceptors (Lipinski definition) is 6. The summed E-state index contributed by atoms with van der Waals surface area (Å²) in [5.41, 5.74) is 1.03. The molecule has 0 fully saturated rings. The van der Waals surface area contributed by atoms with Crippen molar-refractivity contribution in [1.82, 2.24) is 10.6 Å². The SMILES string of the molecule is COc1cccc(CNC(=O)COC(=O)C(CCSC)NC(=O)c2ccc(Cl)cc2Cl)c1. The van der Waals surface area contributed by atoms with Crippen molar-refractivity contribution in [3.63, 3.8) is 0 Å². The van der Waals surface area contributed by atoms with Gasteiger partial charge in [0.2, 0.25) is 0 Å². The quantitative estimate of drug-likeness (QED) is 0.458. The van der Waals surface area contributed by atoms with Gasteiger partial charge in [0.05, 0.1) is 17.7 Å². The van der Waals surface area contributed by atoms with Crippen LogP contribution in [0.1, 0.15) is 22.3 Å². The molecule has 0 spiro atoms. The summed E-state index contributed by atoms with van der Waals surface area (Å²) < 4.78 is 10.3. The Hall–Kier alpha value is -2.42. The molecule has 2 aromatic rings. The van der Waals surface area contributed by atoms with Crippen molar-refractivity contribution in [3.05, 3.63) is 63.6 Å². The van der Waals surface area contributed by atoms with Gasteiger partial charge in [-0.2, -0.15) is 11.8 Å². The van der Waals surface area contributed by atoms with Crippen molar-refractivity contribution in [3.8, 4) is 5.75 Å². The molecular weight excluding hydrogens is 475 g/mol. The van der Waals surface area contributed by atoms with Crippen molar-refractivity contribution in [2.75, 3.05) is 25.7 Å². The van der Waals surface area contributed by atoms with Gasteiger partial charge in [0.1, 0.15) is 11.8 Å². The number of thioether (sulfide) groups is 1. The third kappa shape index (κ3) is 8.26. The second kappa shape index (κ2) is 13.2. The van der Waals surface area contributed by atoms with E-state index < -0.39 is 30.4 Å². The Kier molecular flexibility index (Phi) is 10.7. The molecule has 0 heterocycles. The van der Waals surface area contributed by atoms with Crippen LogP contribution in [0, 0.1) is 0 Å². The van der Waals surface area contributed by atoms with Crippen molar-refractivity contribution in [2.24, 2.45) is 0 Å². The van der Waals surface area contributed by atoms with Gasteiger partial charge in [-0.3, -0.25) is 9.59 Å². The van der Waals surface area contributed by atoms with E-state index in [0.29, 0.717) is 22.9 Å². The largest absolute Gasteiger partial charge is 0.497 e. The van der Waals surface area contributed by atoms with Crippen LogP contribution in [0.3, 0.4) is 0 Å². The van der Waals surface area contributed by atoms with Gasteiger partial charge >= 0.3 is 5.97 Å². The van der Waals surface area contributed by atoms with Gasteiger partial charge in [-0.15, -0.1) is 0 Å². The van der Waals surface area contributed by atoms with E-state index in [1.54, 1.807) is 19.2 Å². The van der Waals surface area contributed by atoms with E-state index in [9.17, 15) is 14.4 Å². The van der Waals surface area contributed by atoms with Crippen LogP contribution in [-0.4, -0.2) is 49.6 Å². The second-order valence-corrected chi connectivity index (χ2v) is 8.50. The number of nitrogens with one attached hydrogen (secondary N) is 2. The smallest absolute Gasteiger partial charge is 0.329 e. The minimum absolute atomic E-state index is 0.170. The van der Waals surface area contributed by atoms with Gasteiger partial charge in [0.15, 0.2) is 6.61 Å². The molecule has 0 aliphatic carbocycles. The highest BCUT2D eigenvalue weighted by atomic mass is 35.5. The van der Waals surface area contributed by atoms with Crippen molar-refractivity contribution < 1.29 is 23.9 Å². The number of hydrogen-bond donors (Lipinski definition) is 2. The van der Waals surface area contributed by atoms with E-state index in [1.165, 1.54) is 30.0 Å². The fourth-order valence-electron chi connectivity index (χ4n) is 2.67. The molecule has 0 aliphatic rings. The zero-order valence-electron chi connectivity index (χ0n) is 17.7. The minimum Gasteiger partial charge on any atom is -0.497 e. The zero-order valence-corrected chi connectivity index (χ0v) is 20.0. The van der Waals surface area contributed by atoms with E-state index in [-0.39, 0.29) is 17.1 Å². The fourth-order valence-corrected chi connectivity index (χ4v) is 3.63. The lowest BCUT2D eigenvalue weighted by atomic mass is 10.1. The van der Waals surface area contributed by atoms with E-state index >= 15 is 0 Å². The van der Waals surface area contributed by atoms with Crippen LogP contribution in [0.5, 0.6) is 5.75 Å². The van der Waals surface area contributed by atoms with Crippen LogP contribution < -0.4 is 15.4 Å². The predicted molar refractivity (Wildman–Crippen MR) is 127 cm³/mol. The van der Waals surface area contributed by atoms with Gasteiger partial charge in [0.25, 0.3) is 11.8 Å². The third-order valence-corrected chi connectivity index (χ3v) is 5.54. The Morgan fingerprint density at radius 3 is 2.59 bits per heavy atom. The van der Waals surface area contributed by atoms with Gasteiger partial charge in [0, 0.05) is 11.6 Å². The number of halogens is 2. The molecule has 10 heteroatoms. The summed E-state index contributed by atoms with van der Waals surface area (Å²) in [4.78, 5) is 37.2. The van der Waals surface area contributed by atoms with E-state index in [4.69, 9.17) is 32.7 Å². The number of benzene rings is 2. The number of methoxy groups -OCH3 is 1. The van der Waals surface area contributed by atoms with Crippen LogP contribution in [0.15, 0.2) is 42.5 Å². The molecule has 0 bridgehead atoms. The Morgan fingerprint density at radius 2 is 1.91 bits per heavy atom. The first-order chi connectivity index (χ1) is 15.3. The van der Waals surface area contributed by atoms with Crippen LogP contribution in [0.25, 0.3) is 0 Å². The molecule has 0 aromatic heterocycles. The van der Waals surface area contributed by atoms with Gasteiger partial charge < -0.3 is 20.1 Å². The average Bonchev–Trinajstić information content (AvgIpc) is 2.78. The summed E-state index contributed by atoms with van der Waals surface area (Å²) in [5, 5.41) is 5.86. The maximum absolute atomic E-state index is 12.6. The summed E-state index contributed by atoms with van der Waals surface area (Å²) in [7, 11) is 1.56. The first-order valence-corrected chi connectivity index (χ1v) is 11.8. The molecule has 0 aliphatic heterocycles. The Labute approximate surface area is 201 Å². The maximum atomic E-state index is 12.6. The van der Waals surface area contributed by atoms with E-state index in [1.807, 2.05) is 18.4 Å². The Morgan fingerprint density at radius 1 is 1.12 bits per heavy atom. The first kappa shape index (κ1) is 25.8. The molecule has 0 saturated heterocycles. The van der Waals surface area contributed by atoms with Crippen LogP contribution >= 0.6 is 35.0 Å². The first-order valence-electron chi connectivity index (χ1n) is 9.65. The maximum Gasteiger partial charge on any atom is 0.329 e. The number of esters is 1. The molecule has 2 amide bonds. The molecular formula is C22H24Cl2N2O5S. The second-order valence-electron chi connectivity index (χ2n) is 6.67. The molecule has 1 unspecified atom stereocenters. The lowest BCUT2D eigenvalue weighted by Gasteiger charge is -2.18. The molecule has 2 N–H and O–H groups in total. The standard InChI is InChI=1S/C22H24Cl2N2O5S/c1-30-16-5-3-4-14(10-16)12-25-20(27)13-31-22(29)19(8-9-32-2)26-21(28)17-7-6-15(23)11-18(17)24/h3-7,10-11,19H,8-9,12-13H2,1-2H3,(H,25,27)(H,26,28). The fraction of sp³-hybridized carbons (Fsp3) is 0.318. The van der Waals surface area contributed by atoms with Crippen molar-refractivity contribution >= 4 is 52.7 Å². The van der Waals surface area contributed by atoms with Crippen molar-refractivity contribution in [2.45, 2.75) is 19.0 Å². The lowest BCUT2D eigenvalue weighted by molar-refractivity contribution is -0.150. The highest BCUT2D eigenvalue weighted by Crippen LogP contribution is 2.21. The summed E-state index contributed by atoms with van der Waals surface area (Å²) in [6, 6.07) is 10.8. The van der Waals surface area contributed by atoms with E-state index in [2.05, 4.69) is 10.6 Å². The number of ether oxygens (including phenoxy) is 2. The molecule has 1 atom stereocenters. The highest BCUT2D eigenvalue weighted by molar-refractivity contribution is 7.98. The van der Waals surface area contributed by atoms with Crippen LogP contribution in [0.2, 0.25) is 10.0 Å². The molecule has 0 saturated carbocycles. The molecule has 172 valence electrons. The molecule has 2 aromatic carbocycles. The summed E-state index contributed by atoms with van der Waals surface area (Å²) in [6.45, 7) is -0.203. The van der Waals surface area contributed by atoms with Gasteiger partial charge in [-0.25, -0.2) is 4.79 Å². The predicted octanol–water partition coefficient (Wildman–Crippen LogP) is 3.71. The van der Waals surface area contributed by atoms with Crippen molar-refractivity contribution in [1.29, 1.82) is 0 Å². The number of rotatable bonds is 11. The third-order valence-electron chi connectivity index (χ3n) is 4.35. The summed E-state index contributed by atoms with van der Waals surface area (Å²) in [5.74, 6) is -0.407. The average molecular weight is 499 g/mol. The number of carbonyl (C=O) groups is 3. The number of carbonyl (C=O) groups excluding carboxylic acids is 3. The Bertz CT molecular complexity index is 958.